The first-order chi connectivity index (χ1) is 21.8. The third-order valence-corrected chi connectivity index (χ3v) is 7.06. The van der Waals surface area contributed by atoms with E-state index in [1.54, 1.807) is 32.0 Å². The number of rotatable bonds is 11. The van der Waals surface area contributed by atoms with Crippen LogP contribution >= 0.6 is 7.82 Å². The van der Waals surface area contributed by atoms with Crippen LogP contribution in [-0.4, -0.2) is 73.0 Å². The molecule has 0 unspecified atom stereocenters. The highest BCUT2D eigenvalue weighted by molar-refractivity contribution is 7.46. The minimum absolute atomic E-state index is 0.00895. The number of esters is 1. The molecule has 0 bridgehead atoms. The fourth-order valence-electron chi connectivity index (χ4n) is 4.34. The average molecular weight is 655 g/mol. The molecule has 2 heterocycles. The van der Waals surface area contributed by atoms with Crippen molar-refractivity contribution >= 4 is 48.7 Å². The second-order valence-electron chi connectivity index (χ2n) is 9.70. The SMILES string of the molecule is CCNC(=O)c1ccc(C)c(Nc2ncnn3cc(C(=O)N(CC)C(=O)OCOC(=O)c4ccc(OP(=O)(O)O)cc4)c(C)c23)c1. The zero-order valence-corrected chi connectivity index (χ0v) is 26.1. The lowest BCUT2D eigenvalue weighted by molar-refractivity contribution is -0.0102. The molecule has 0 saturated carbocycles. The Hall–Kier alpha value is -5.31. The van der Waals surface area contributed by atoms with Crippen LogP contribution in [0.25, 0.3) is 5.52 Å². The topological polar surface area (TPSA) is 211 Å². The van der Waals surface area contributed by atoms with Crippen molar-refractivity contribution in [3.05, 3.63) is 82.8 Å². The largest absolute Gasteiger partial charge is 0.524 e. The highest BCUT2D eigenvalue weighted by Gasteiger charge is 2.27. The van der Waals surface area contributed by atoms with E-state index < -0.39 is 32.6 Å². The highest BCUT2D eigenvalue weighted by atomic mass is 31.2. The van der Waals surface area contributed by atoms with Gasteiger partial charge in [-0.05, 0) is 75.2 Å². The van der Waals surface area contributed by atoms with E-state index >= 15 is 0 Å². The van der Waals surface area contributed by atoms with Crippen molar-refractivity contribution in [2.75, 3.05) is 25.2 Å². The molecule has 0 saturated heterocycles. The number of phosphoric ester groups is 1. The number of aryl methyl sites for hydroxylation is 2. The Morgan fingerprint density at radius 2 is 1.70 bits per heavy atom. The number of phosphoric acid groups is 1. The lowest BCUT2D eigenvalue weighted by Crippen LogP contribution is -2.37. The molecule has 0 aliphatic rings. The third kappa shape index (κ3) is 7.85. The summed E-state index contributed by atoms with van der Waals surface area (Å²) in [6, 6.07) is 9.91. The van der Waals surface area contributed by atoms with Gasteiger partial charge in [-0.1, -0.05) is 6.07 Å². The van der Waals surface area contributed by atoms with Gasteiger partial charge in [0, 0.05) is 30.5 Å². The van der Waals surface area contributed by atoms with E-state index in [1.807, 2.05) is 13.8 Å². The van der Waals surface area contributed by atoms with Crippen LogP contribution in [0.4, 0.5) is 16.3 Å². The smallest absolute Gasteiger partial charge is 0.424 e. The lowest BCUT2D eigenvalue weighted by Gasteiger charge is -2.18. The second-order valence-corrected chi connectivity index (χ2v) is 10.9. The van der Waals surface area contributed by atoms with Crippen molar-refractivity contribution in [1.29, 1.82) is 0 Å². The number of fused-ring (bicyclic) bond motifs is 1. The predicted molar refractivity (Wildman–Crippen MR) is 163 cm³/mol. The number of amides is 3. The summed E-state index contributed by atoms with van der Waals surface area (Å²) < 4.78 is 26.7. The van der Waals surface area contributed by atoms with Crippen molar-refractivity contribution in [2.45, 2.75) is 27.7 Å². The Labute approximate surface area is 262 Å². The Bertz CT molecular complexity index is 1840. The molecular weight excluding hydrogens is 623 g/mol. The monoisotopic (exact) mass is 654 g/mol. The van der Waals surface area contributed by atoms with E-state index in [4.69, 9.17) is 19.3 Å². The number of nitrogens with one attached hydrogen (secondary N) is 2. The van der Waals surface area contributed by atoms with Crippen molar-refractivity contribution in [3.63, 3.8) is 0 Å². The summed E-state index contributed by atoms with van der Waals surface area (Å²) in [5.41, 5.74) is 2.98. The van der Waals surface area contributed by atoms with Crippen LogP contribution in [0.3, 0.4) is 0 Å². The van der Waals surface area contributed by atoms with Gasteiger partial charge in [0.05, 0.1) is 11.1 Å². The van der Waals surface area contributed by atoms with Crippen LogP contribution in [-0.2, 0) is 14.0 Å². The van der Waals surface area contributed by atoms with Gasteiger partial charge in [0.15, 0.2) is 5.82 Å². The van der Waals surface area contributed by atoms with Gasteiger partial charge >= 0.3 is 19.9 Å². The Morgan fingerprint density at radius 1 is 1.00 bits per heavy atom. The molecular formula is C29H31N6O10P. The maximum Gasteiger partial charge on any atom is 0.524 e. The van der Waals surface area contributed by atoms with Crippen molar-refractivity contribution < 1.29 is 47.5 Å². The molecule has 2 aromatic carbocycles. The highest BCUT2D eigenvalue weighted by Crippen LogP contribution is 2.37. The van der Waals surface area contributed by atoms with Crippen molar-refractivity contribution in [1.82, 2.24) is 24.8 Å². The lowest BCUT2D eigenvalue weighted by atomic mass is 10.1. The summed E-state index contributed by atoms with van der Waals surface area (Å²) in [5, 5.41) is 10.2. The van der Waals surface area contributed by atoms with Crippen LogP contribution in [0.15, 0.2) is 55.0 Å². The average Bonchev–Trinajstić information content (AvgIpc) is 3.35. The number of imide groups is 1. The molecule has 2 aromatic heterocycles. The van der Waals surface area contributed by atoms with Gasteiger partial charge in [-0.15, -0.1) is 0 Å². The summed E-state index contributed by atoms with van der Waals surface area (Å²) in [5.74, 6) is -1.62. The van der Waals surface area contributed by atoms with Gasteiger partial charge in [-0.25, -0.2) is 28.6 Å². The van der Waals surface area contributed by atoms with Gasteiger partial charge in [-0.3, -0.25) is 19.4 Å². The normalized spacial score (nSPS) is 11.1. The van der Waals surface area contributed by atoms with E-state index in [0.717, 1.165) is 22.6 Å². The molecule has 4 aromatic rings. The molecule has 46 heavy (non-hydrogen) atoms. The Kier molecular flexibility index (Phi) is 10.4. The minimum atomic E-state index is -4.77. The number of hydrogen-bond donors (Lipinski definition) is 4. The molecule has 242 valence electrons. The number of benzene rings is 2. The summed E-state index contributed by atoms with van der Waals surface area (Å²) in [7, 11) is -4.77. The number of ether oxygens (including phenoxy) is 2. The van der Waals surface area contributed by atoms with E-state index in [0.29, 0.717) is 34.7 Å². The van der Waals surface area contributed by atoms with E-state index in [2.05, 4.69) is 25.2 Å². The molecule has 17 heteroatoms. The second kappa shape index (κ2) is 14.2. The van der Waals surface area contributed by atoms with E-state index in [1.165, 1.54) is 29.2 Å². The van der Waals surface area contributed by atoms with Crippen LogP contribution in [0, 0.1) is 13.8 Å². The first-order valence-corrected chi connectivity index (χ1v) is 15.4. The zero-order valence-electron chi connectivity index (χ0n) is 25.2. The molecule has 0 aliphatic carbocycles. The van der Waals surface area contributed by atoms with Gasteiger partial charge in [0.1, 0.15) is 17.6 Å². The molecule has 4 rings (SSSR count). The number of carbonyl (C=O) groups is 4. The number of aromatic nitrogens is 3. The molecule has 0 spiro atoms. The summed E-state index contributed by atoms with van der Waals surface area (Å²) >= 11 is 0. The maximum atomic E-state index is 13.5. The van der Waals surface area contributed by atoms with Crippen LogP contribution < -0.4 is 15.2 Å². The van der Waals surface area contributed by atoms with Gasteiger partial charge in [-0.2, -0.15) is 5.10 Å². The van der Waals surface area contributed by atoms with Crippen molar-refractivity contribution in [3.8, 4) is 5.75 Å². The van der Waals surface area contributed by atoms with Crippen LogP contribution in [0.5, 0.6) is 5.75 Å². The van der Waals surface area contributed by atoms with Crippen molar-refractivity contribution in [2.24, 2.45) is 0 Å². The fourth-order valence-corrected chi connectivity index (χ4v) is 4.74. The number of nitrogens with zero attached hydrogens (tertiary/aromatic N) is 4. The minimum Gasteiger partial charge on any atom is -0.424 e. The molecule has 0 atom stereocenters. The zero-order chi connectivity index (χ0) is 33.6. The first-order valence-electron chi connectivity index (χ1n) is 13.8. The van der Waals surface area contributed by atoms with E-state index in [9.17, 15) is 23.7 Å². The summed E-state index contributed by atoms with van der Waals surface area (Å²) in [6.45, 7) is 6.53. The Balaban J connectivity index is 1.46. The third-order valence-electron chi connectivity index (χ3n) is 6.62. The van der Waals surface area contributed by atoms with E-state index in [-0.39, 0.29) is 29.3 Å². The van der Waals surface area contributed by atoms with Gasteiger partial charge < -0.3 is 24.6 Å². The molecule has 3 amide bonds. The molecule has 0 fully saturated rings. The van der Waals surface area contributed by atoms with Gasteiger partial charge in [0.25, 0.3) is 11.8 Å². The summed E-state index contributed by atoms with van der Waals surface area (Å²) in [4.78, 5) is 73.8. The Morgan fingerprint density at radius 3 is 2.35 bits per heavy atom. The predicted octanol–water partition coefficient (Wildman–Crippen LogP) is 3.72. The first kappa shape index (κ1) is 33.6. The maximum absolute atomic E-state index is 13.5. The number of hydrogen-bond acceptors (Lipinski definition) is 11. The summed E-state index contributed by atoms with van der Waals surface area (Å²) in [6.07, 6.45) is 1.68. The molecule has 0 radical (unpaired) electrons. The quantitative estimate of drug-likeness (QED) is 0.103. The van der Waals surface area contributed by atoms with Crippen LogP contribution in [0.2, 0.25) is 0 Å². The molecule has 0 aliphatic heterocycles. The van der Waals surface area contributed by atoms with Gasteiger partial charge in [0.2, 0.25) is 6.79 Å². The standard InChI is InChI=1S/C29H31N6O10P/c1-5-30-26(36)20-8-7-17(3)23(13-20)33-25-24-18(4)22(14-35(24)32-15-31-25)27(37)34(6-2)29(39)44-16-43-28(38)19-9-11-21(12-10-19)45-46(40,41)42/h7-15H,5-6,16H2,1-4H3,(H,30,36)(H,31,32,33)(H2,40,41,42). The number of anilines is 2. The van der Waals surface area contributed by atoms with Crippen LogP contribution in [0.1, 0.15) is 56.0 Å². The molecule has 4 N–H and O–H groups in total. The fraction of sp³-hybridized carbons (Fsp3) is 0.241. The number of carbonyl (C=O) groups excluding carboxylic acids is 4. The molecule has 16 nitrogen and oxygen atoms in total.